The molecule has 0 aromatic heterocycles. The topological polar surface area (TPSA) is 80.2 Å². The highest BCUT2D eigenvalue weighted by atomic mass is 19.1. The molecule has 3 aromatic rings. The smallest absolute Gasteiger partial charge is 0.251 e. The summed E-state index contributed by atoms with van der Waals surface area (Å²) in [5.41, 5.74) is 0.964. The van der Waals surface area contributed by atoms with Gasteiger partial charge >= 0.3 is 0 Å². The van der Waals surface area contributed by atoms with Crippen LogP contribution in [0.5, 0.6) is 5.75 Å². The zero-order valence-electron chi connectivity index (χ0n) is 20.9. The number of hydrogen-bond donors (Lipinski definition) is 2. The first kappa shape index (κ1) is 27.0. The van der Waals surface area contributed by atoms with Crippen molar-refractivity contribution in [2.75, 3.05) is 26.4 Å². The van der Waals surface area contributed by atoms with E-state index in [2.05, 4.69) is 5.32 Å². The minimum absolute atomic E-state index is 0.0522. The molecule has 1 amide bonds. The third-order valence-electron chi connectivity index (χ3n) is 6.05. The molecule has 8 heteroatoms. The van der Waals surface area contributed by atoms with Gasteiger partial charge in [-0.3, -0.25) is 4.79 Å². The number of aliphatic hydroxyl groups excluding tert-OH is 1. The maximum Gasteiger partial charge on any atom is 0.251 e. The summed E-state index contributed by atoms with van der Waals surface area (Å²) in [5, 5.41) is 11.8. The lowest BCUT2D eigenvalue weighted by Crippen LogP contribution is -2.47. The zero-order valence-corrected chi connectivity index (χ0v) is 20.9. The second-order valence-electron chi connectivity index (χ2n) is 8.99. The van der Waals surface area contributed by atoms with E-state index in [0.717, 1.165) is 11.6 Å². The normalized spacial score (nSPS) is 16.8. The number of benzene rings is 3. The van der Waals surface area contributed by atoms with E-state index in [1.54, 1.807) is 24.3 Å². The molecule has 3 aromatic carbocycles. The number of carbonyl (C=O) groups excluding carboxylic acids is 1. The average molecular weight is 521 g/mol. The molecule has 0 saturated heterocycles. The molecule has 0 radical (unpaired) electrons. The quantitative estimate of drug-likeness (QED) is 0.339. The summed E-state index contributed by atoms with van der Waals surface area (Å²) >= 11 is 0. The van der Waals surface area contributed by atoms with Crippen molar-refractivity contribution in [3.05, 3.63) is 107 Å². The second-order valence-corrected chi connectivity index (χ2v) is 8.99. The van der Waals surface area contributed by atoms with Crippen LogP contribution < -0.4 is 10.1 Å². The minimum Gasteiger partial charge on any atom is -0.494 e. The van der Waals surface area contributed by atoms with Crippen LogP contribution in [0.3, 0.4) is 0 Å². The van der Waals surface area contributed by atoms with Gasteiger partial charge in [0.05, 0.1) is 6.61 Å². The summed E-state index contributed by atoms with van der Waals surface area (Å²) < 4.78 is 38.5. The summed E-state index contributed by atoms with van der Waals surface area (Å²) in [5.74, 6) is -0.632. The summed E-state index contributed by atoms with van der Waals surface area (Å²) in [7, 11) is 0. The summed E-state index contributed by atoms with van der Waals surface area (Å²) in [6, 6.07) is 20.2. The van der Waals surface area contributed by atoms with E-state index in [4.69, 9.17) is 19.6 Å². The Labute approximate surface area is 220 Å². The number of carbonyl (C=O) groups is 1. The first-order valence-corrected chi connectivity index (χ1v) is 12.5. The van der Waals surface area contributed by atoms with Gasteiger partial charge in [-0.15, -0.1) is 0 Å². The molecule has 1 aliphatic heterocycles. The Morgan fingerprint density at radius 2 is 1.82 bits per heavy atom. The predicted molar refractivity (Wildman–Crippen MR) is 142 cm³/mol. The van der Waals surface area contributed by atoms with Gasteiger partial charge in [0, 0.05) is 37.6 Å². The van der Waals surface area contributed by atoms with Gasteiger partial charge in [0.25, 0.3) is 5.91 Å². The Balaban J connectivity index is 1.48. The van der Waals surface area contributed by atoms with Gasteiger partial charge in [-0.1, -0.05) is 42.5 Å². The molecule has 38 heavy (non-hydrogen) atoms. The fourth-order valence-electron chi connectivity index (χ4n) is 4.05. The summed E-state index contributed by atoms with van der Waals surface area (Å²) in [6.45, 7) is 0.713. The number of hydrogen-bond acceptors (Lipinski definition) is 5. The van der Waals surface area contributed by atoms with Crippen LogP contribution in [-0.4, -0.2) is 48.8 Å². The molecule has 4 rings (SSSR count). The number of nitrogens with zero attached hydrogens (tertiary/aromatic N) is 1. The Morgan fingerprint density at radius 1 is 1.08 bits per heavy atom. The van der Waals surface area contributed by atoms with Crippen molar-refractivity contribution in [1.29, 1.82) is 0 Å². The van der Waals surface area contributed by atoms with Crippen LogP contribution in [0.15, 0.2) is 83.9 Å². The van der Waals surface area contributed by atoms with Crippen molar-refractivity contribution in [3.8, 4) is 5.75 Å². The van der Waals surface area contributed by atoms with Gasteiger partial charge in [0.2, 0.25) is 5.90 Å². The van der Waals surface area contributed by atoms with Crippen LogP contribution in [0.4, 0.5) is 8.78 Å². The van der Waals surface area contributed by atoms with Gasteiger partial charge in [-0.25, -0.2) is 13.8 Å². The van der Waals surface area contributed by atoms with E-state index in [1.807, 2.05) is 42.5 Å². The van der Waals surface area contributed by atoms with Crippen LogP contribution in [0.2, 0.25) is 0 Å². The monoisotopic (exact) mass is 520 g/mol. The highest BCUT2D eigenvalue weighted by molar-refractivity contribution is 6.00. The first-order chi connectivity index (χ1) is 18.5. The standard InChI is InChI=1S/C30H30F2N2O4/c31-25-18-23(19-26(32)20-25)13-15-33-29(36)30(14-4-8-22-6-2-1-3-7-22)21-38-28(34-30)24-9-11-27(12-10-24)37-17-5-16-35/h1-4,6-12,18-20,35H,5,13-17,21H2,(H,33,36)/b8-4+/t30-/m1/s1. The fraction of sp³-hybridized carbons (Fsp3) is 0.267. The Hall–Kier alpha value is -4.04. The minimum atomic E-state index is -1.19. The van der Waals surface area contributed by atoms with Gasteiger partial charge in [0.1, 0.15) is 24.0 Å². The number of amides is 1. The SMILES string of the molecule is O=C(NCCc1cc(F)cc(F)c1)[C@@]1(C/C=C/c2ccccc2)COC(c2ccc(OCCCO)cc2)=N1. The Morgan fingerprint density at radius 3 is 2.53 bits per heavy atom. The van der Waals surface area contributed by atoms with E-state index >= 15 is 0 Å². The molecule has 0 aliphatic carbocycles. The van der Waals surface area contributed by atoms with Crippen LogP contribution in [0.1, 0.15) is 29.5 Å². The largest absolute Gasteiger partial charge is 0.494 e. The van der Waals surface area contributed by atoms with E-state index in [9.17, 15) is 13.6 Å². The summed E-state index contributed by atoms with van der Waals surface area (Å²) in [4.78, 5) is 18.1. The molecule has 1 atom stereocenters. The molecule has 0 spiro atoms. The highest BCUT2D eigenvalue weighted by Gasteiger charge is 2.43. The molecule has 2 N–H and O–H groups in total. The van der Waals surface area contributed by atoms with Crippen LogP contribution in [0.25, 0.3) is 6.08 Å². The van der Waals surface area contributed by atoms with Gasteiger partial charge < -0.3 is 19.9 Å². The van der Waals surface area contributed by atoms with Crippen molar-refractivity contribution in [2.45, 2.75) is 24.8 Å². The third-order valence-corrected chi connectivity index (χ3v) is 6.05. The highest BCUT2D eigenvalue weighted by Crippen LogP contribution is 2.28. The molecule has 1 aliphatic rings. The van der Waals surface area contributed by atoms with E-state index in [0.29, 0.717) is 42.2 Å². The Bertz CT molecular complexity index is 1260. The van der Waals surface area contributed by atoms with Crippen molar-refractivity contribution in [1.82, 2.24) is 5.32 Å². The molecule has 1 heterocycles. The van der Waals surface area contributed by atoms with E-state index in [1.165, 1.54) is 12.1 Å². The van der Waals surface area contributed by atoms with Crippen LogP contribution in [-0.2, 0) is 16.0 Å². The summed E-state index contributed by atoms with van der Waals surface area (Å²) in [6.07, 6.45) is 4.93. The maximum absolute atomic E-state index is 13.5. The van der Waals surface area contributed by atoms with Crippen molar-refractivity contribution < 1.29 is 28.2 Å². The molecule has 6 nitrogen and oxygen atoms in total. The number of ether oxygens (including phenoxy) is 2. The molecule has 0 unspecified atom stereocenters. The average Bonchev–Trinajstić information content (AvgIpc) is 3.35. The zero-order chi connectivity index (χ0) is 26.8. The molecule has 0 fully saturated rings. The Kier molecular flexibility index (Phi) is 9.21. The van der Waals surface area contributed by atoms with Gasteiger partial charge in [-0.2, -0.15) is 0 Å². The van der Waals surface area contributed by atoms with Gasteiger partial charge in [-0.05, 0) is 53.9 Å². The predicted octanol–water partition coefficient (Wildman–Crippen LogP) is 4.70. The number of aliphatic imine (C=N–C) groups is 1. The first-order valence-electron chi connectivity index (χ1n) is 12.5. The van der Waals surface area contributed by atoms with E-state index < -0.39 is 17.2 Å². The lowest BCUT2D eigenvalue weighted by Gasteiger charge is -2.21. The maximum atomic E-state index is 13.5. The number of rotatable bonds is 12. The number of nitrogens with one attached hydrogen (secondary N) is 1. The van der Waals surface area contributed by atoms with Crippen LogP contribution in [0, 0.1) is 11.6 Å². The molecular formula is C30H30F2N2O4. The number of halogens is 2. The molecular weight excluding hydrogens is 490 g/mol. The van der Waals surface area contributed by atoms with E-state index in [-0.39, 0.29) is 32.1 Å². The van der Waals surface area contributed by atoms with Crippen LogP contribution >= 0.6 is 0 Å². The third kappa shape index (κ3) is 7.26. The lowest BCUT2D eigenvalue weighted by molar-refractivity contribution is -0.126. The molecule has 198 valence electrons. The van der Waals surface area contributed by atoms with Crippen molar-refractivity contribution >= 4 is 17.9 Å². The number of aliphatic hydroxyl groups is 1. The fourth-order valence-corrected chi connectivity index (χ4v) is 4.05. The van der Waals surface area contributed by atoms with Crippen molar-refractivity contribution in [2.24, 2.45) is 4.99 Å². The molecule has 0 bridgehead atoms. The lowest BCUT2D eigenvalue weighted by atomic mass is 9.95. The van der Waals surface area contributed by atoms with Gasteiger partial charge in [0.15, 0.2) is 5.54 Å². The second kappa shape index (κ2) is 13.0. The van der Waals surface area contributed by atoms with Crippen molar-refractivity contribution in [3.63, 3.8) is 0 Å². The molecule has 0 saturated carbocycles.